The summed E-state index contributed by atoms with van der Waals surface area (Å²) in [5.41, 5.74) is 1.34. The first-order chi connectivity index (χ1) is 9.20. The summed E-state index contributed by atoms with van der Waals surface area (Å²) >= 11 is 6.00. The molecule has 1 aromatic carbocycles. The topological polar surface area (TPSA) is 17.8 Å². The fraction of sp³-hybridized carbons (Fsp3) is 0.533. The van der Waals surface area contributed by atoms with Gasteiger partial charge in [-0.05, 0) is 43.7 Å². The Hall–Kier alpha value is -1.09. The second kappa shape index (κ2) is 5.12. The van der Waals surface area contributed by atoms with Crippen LogP contribution in [-0.4, -0.2) is 9.55 Å². The van der Waals surface area contributed by atoms with Gasteiger partial charge in [-0.3, -0.25) is 0 Å². The summed E-state index contributed by atoms with van der Waals surface area (Å²) < 4.78 is 16.0. The molecule has 1 heterocycles. The summed E-state index contributed by atoms with van der Waals surface area (Å²) in [5, 5.41) is 0. The van der Waals surface area contributed by atoms with E-state index in [1.54, 1.807) is 6.07 Å². The minimum atomic E-state index is -0.258. The van der Waals surface area contributed by atoms with Crippen LogP contribution in [0, 0.1) is 11.7 Å². The lowest BCUT2D eigenvalue weighted by Gasteiger charge is -2.28. The van der Waals surface area contributed by atoms with E-state index in [4.69, 9.17) is 11.6 Å². The van der Waals surface area contributed by atoms with E-state index in [1.165, 1.54) is 18.9 Å². The SMILES string of the molecule is CC1CCC(n2c(CCl)nc3c(F)cccc32)CC1. The van der Waals surface area contributed by atoms with Gasteiger partial charge in [0, 0.05) is 6.04 Å². The summed E-state index contributed by atoms with van der Waals surface area (Å²) in [6, 6.07) is 5.57. The molecule has 0 spiro atoms. The van der Waals surface area contributed by atoms with Crippen molar-refractivity contribution in [1.82, 2.24) is 9.55 Å². The summed E-state index contributed by atoms with van der Waals surface area (Å²) in [5.74, 6) is 1.66. The van der Waals surface area contributed by atoms with Crippen LogP contribution in [0.4, 0.5) is 4.39 Å². The zero-order chi connectivity index (χ0) is 13.4. The van der Waals surface area contributed by atoms with Crippen molar-refractivity contribution in [3.05, 3.63) is 29.8 Å². The Morgan fingerprint density at radius 2 is 2.05 bits per heavy atom. The van der Waals surface area contributed by atoms with Crippen LogP contribution in [0.25, 0.3) is 11.0 Å². The Bertz CT molecular complexity index is 585. The first kappa shape index (κ1) is 12.9. The molecule has 0 N–H and O–H groups in total. The molecule has 3 rings (SSSR count). The van der Waals surface area contributed by atoms with Crippen molar-refractivity contribution in [3.63, 3.8) is 0 Å². The van der Waals surface area contributed by atoms with Gasteiger partial charge in [-0.25, -0.2) is 9.37 Å². The Morgan fingerprint density at radius 3 is 2.74 bits per heavy atom. The Kier molecular flexibility index (Phi) is 3.48. The highest BCUT2D eigenvalue weighted by Crippen LogP contribution is 2.35. The number of nitrogens with zero attached hydrogens (tertiary/aromatic N) is 2. The molecule has 0 atom stereocenters. The molecular formula is C15H18ClFN2. The molecule has 0 amide bonds. The van der Waals surface area contributed by atoms with Gasteiger partial charge in [0.25, 0.3) is 0 Å². The molecule has 0 radical (unpaired) electrons. The Morgan fingerprint density at radius 1 is 1.32 bits per heavy atom. The third-order valence-corrected chi connectivity index (χ3v) is 4.45. The first-order valence-corrected chi connectivity index (χ1v) is 7.45. The lowest BCUT2D eigenvalue weighted by molar-refractivity contribution is 0.290. The number of rotatable bonds is 2. The minimum Gasteiger partial charge on any atom is -0.324 e. The molecule has 4 heteroatoms. The van der Waals surface area contributed by atoms with Crippen LogP contribution in [-0.2, 0) is 5.88 Å². The summed E-state index contributed by atoms with van der Waals surface area (Å²) in [4.78, 5) is 4.38. The second-order valence-electron chi connectivity index (χ2n) is 5.55. The molecule has 102 valence electrons. The van der Waals surface area contributed by atoms with Crippen molar-refractivity contribution in [2.45, 2.75) is 44.5 Å². The van der Waals surface area contributed by atoms with Gasteiger partial charge in [0.2, 0.25) is 0 Å². The lowest BCUT2D eigenvalue weighted by atomic mass is 9.87. The fourth-order valence-electron chi connectivity index (χ4n) is 3.13. The average molecular weight is 281 g/mol. The number of hydrogen-bond donors (Lipinski definition) is 0. The third-order valence-electron chi connectivity index (χ3n) is 4.21. The Balaban J connectivity index is 2.08. The molecule has 1 aliphatic rings. The molecular weight excluding hydrogens is 263 g/mol. The predicted octanol–water partition coefficient (Wildman–Crippen LogP) is 4.67. The molecule has 2 nitrogen and oxygen atoms in total. The van der Waals surface area contributed by atoms with Gasteiger partial charge in [-0.1, -0.05) is 13.0 Å². The maximum atomic E-state index is 13.8. The average Bonchev–Trinajstić information content (AvgIpc) is 2.80. The lowest BCUT2D eigenvalue weighted by Crippen LogP contribution is -2.18. The number of halogens is 2. The number of imidazole rings is 1. The van der Waals surface area contributed by atoms with Crippen molar-refractivity contribution < 1.29 is 4.39 Å². The standard InChI is InChI=1S/C15H18ClFN2/c1-10-5-7-11(8-6-10)19-13-4-2-3-12(17)15(13)18-14(19)9-16/h2-4,10-11H,5-9H2,1H3. The van der Waals surface area contributed by atoms with Gasteiger partial charge in [-0.2, -0.15) is 0 Å². The van der Waals surface area contributed by atoms with Crippen LogP contribution in [0.1, 0.15) is 44.5 Å². The molecule has 2 aromatic rings. The summed E-state index contributed by atoms with van der Waals surface area (Å²) in [6.45, 7) is 2.30. The number of alkyl halides is 1. The molecule has 0 unspecified atom stereocenters. The van der Waals surface area contributed by atoms with E-state index in [0.717, 1.165) is 30.1 Å². The van der Waals surface area contributed by atoms with Crippen molar-refractivity contribution >= 4 is 22.6 Å². The van der Waals surface area contributed by atoms with E-state index in [2.05, 4.69) is 16.5 Å². The molecule has 1 aliphatic carbocycles. The van der Waals surface area contributed by atoms with Gasteiger partial charge in [0.05, 0.1) is 11.4 Å². The zero-order valence-corrected chi connectivity index (χ0v) is 11.8. The monoisotopic (exact) mass is 280 g/mol. The number of para-hydroxylation sites is 1. The molecule has 0 saturated heterocycles. The van der Waals surface area contributed by atoms with Gasteiger partial charge in [0.15, 0.2) is 5.82 Å². The van der Waals surface area contributed by atoms with Gasteiger partial charge in [0.1, 0.15) is 11.3 Å². The number of hydrogen-bond acceptors (Lipinski definition) is 1. The van der Waals surface area contributed by atoms with Gasteiger partial charge < -0.3 is 4.57 Å². The molecule has 0 bridgehead atoms. The summed E-state index contributed by atoms with van der Waals surface area (Å²) in [6.07, 6.45) is 4.71. The van der Waals surface area contributed by atoms with Crippen molar-refractivity contribution in [1.29, 1.82) is 0 Å². The van der Waals surface area contributed by atoms with Crippen LogP contribution >= 0.6 is 11.6 Å². The third kappa shape index (κ3) is 2.25. The smallest absolute Gasteiger partial charge is 0.151 e. The summed E-state index contributed by atoms with van der Waals surface area (Å²) in [7, 11) is 0. The first-order valence-electron chi connectivity index (χ1n) is 6.92. The van der Waals surface area contributed by atoms with Crippen LogP contribution in [0.15, 0.2) is 18.2 Å². The molecule has 19 heavy (non-hydrogen) atoms. The minimum absolute atomic E-state index is 0.258. The van der Waals surface area contributed by atoms with E-state index < -0.39 is 0 Å². The molecule has 1 aromatic heterocycles. The van der Waals surface area contributed by atoms with Crippen LogP contribution < -0.4 is 0 Å². The number of benzene rings is 1. The normalized spacial score (nSPS) is 23.9. The molecule has 1 fully saturated rings. The number of fused-ring (bicyclic) bond motifs is 1. The highest BCUT2D eigenvalue weighted by atomic mass is 35.5. The van der Waals surface area contributed by atoms with Crippen LogP contribution in [0.5, 0.6) is 0 Å². The molecule has 0 aliphatic heterocycles. The van der Waals surface area contributed by atoms with E-state index in [0.29, 0.717) is 17.4 Å². The van der Waals surface area contributed by atoms with Gasteiger partial charge in [-0.15, -0.1) is 11.6 Å². The van der Waals surface area contributed by atoms with Crippen LogP contribution in [0.3, 0.4) is 0 Å². The quantitative estimate of drug-likeness (QED) is 0.731. The second-order valence-corrected chi connectivity index (χ2v) is 5.82. The van der Waals surface area contributed by atoms with E-state index in [9.17, 15) is 4.39 Å². The van der Waals surface area contributed by atoms with Crippen molar-refractivity contribution in [2.75, 3.05) is 0 Å². The van der Waals surface area contributed by atoms with Gasteiger partial charge >= 0.3 is 0 Å². The van der Waals surface area contributed by atoms with E-state index >= 15 is 0 Å². The Labute approximate surface area is 117 Å². The van der Waals surface area contributed by atoms with Crippen LogP contribution in [0.2, 0.25) is 0 Å². The van der Waals surface area contributed by atoms with Crippen molar-refractivity contribution in [3.8, 4) is 0 Å². The predicted molar refractivity (Wildman–Crippen MR) is 75.9 cm³/mol. The largest absolute Gasteiger partial charge is 0.324 e. The maximum absolute atomic E-state index is 13.8. The zero-order valence-electron chi connectivity index (χ0n) is 11.1. The van der Waals surface area contributed by atoms with Crippen molar-refractivity contribution in [2.24, 2.45) is 5.92 Å². The highest BCUT2D eigenvalue weighted by molar-refractivity contribution is 6.16. The fourth-order valence-corrected chi connectivity index (χ4v) is 3.32. The van der Waals surface area contributed by atoms with E-state index in [-0.39, 0.29) is 5.82 Å². The molecule has 1 saturated carbocycles. The maximum Gasteiger partial charge on any atom is 0.151 e. The van der Waals surface area contributed by atoms with E-state index in [1.807, 2.05) is 6.07 Å². The number of aromatic nitrogens is 2. The highest BCUT2D eigenvalue weighted by Gasteiger charge is 2.24.